The number of methoxy groups -OCH3 is 1. The second-order valence-corrected chi connectivity index (χ2v) is 5.85. The number of hydrogen-bond acceptors (Lipinski definition) is 3. The van der Waals surface area contributed by atoms with Crippen molar-refractivity contribution >= 4 is 29.9 Å². The maximum Gasteiger partial charge on any atom is 0.191 e. The van der Waals surface area contributed by atoms with Gasteiger partial charge in [-0.1, -0.05) is 23.8 Å². The van der Waals surface area contributed by atoms with Crippen LogP contribution in [-0.2, 0) is 11.3 Å². The molecule has 138 valence electrons. The van der Waals surface area contributed by atoms with Gasteiger partial charge in [0.25, 0.3) is 0 Å². The molecule has 1 rings (SSSR count). The number of aryl methyl sites for hydroxylation is 2. The van der Waals surface area contributed by atoms with E-state index in [9.17, 15) is 0 Å². The van der Waals surface area contributed by atoms with Crippen LogP contribution >= 0.6 is 24.0 Å². The molecule has 0 heterocycles. The van der Waals surface area contributed by atoms with Gasteiger partial charge in [0.05, 0.1) is 13.2 Å². The largest absolute Gasteiger partial charge is 0.383 e. The molecule has 0 atom stereocenters. The van der Waals surface area contributed by atoms with E-state index in [4.69, 9.17) is 4.74 Å². The van der Waals surface area contributed by atoms with Crippen LogP contribution in [-0.4, -0.2) is 57.8 Å². The standard InChI is InChI=1S/C18H32N4O.HI/c1-6-19-18(20-9-10-22(4)11-12-23-5)21-14-17-8-7-15(2)13-16(17)3;/h7-8,13H,6,9-12,14H2,1-5H3,(H2,19,20,21);1H. The van der Waals surface area contributed by atoms with E-state index >= 15 is 0 Å². The van der Waals surface area contributed by atoms with E-state index in [-0.39, 0.29) is 24.0 Å². The molecule has 0 aliphatic rings. The van der Waals surface area contributed by atoms with Gasteiger partial charge in [-0.3, -0.25) is 0 Å². The molecule has 0 unspecified atom stereocenters. The zero-order valence-corrected chi connectivity index (χ0v) is 18.0. The average Bonchev–Trinajstić information content (AvgIpc) is 2.52. The molecular weight excluding hydrogens is 415 g/mol. The number of benzene rings is 1. The van der Waals surface area contributed by atoms with E-state index in [0.717, 1.165) is 38.7 Å². The molecule has 0 radical (unpaired) electrons. The second kappa shape index (κ2) is 13.4. The van der Waals surface area contributed by atoms with Gasteiger partial charge in [0.1, 0.15) is 0 Å². The van der Waals surface area contributed by atoms with Crippen LogP contribution in [0.5, 0.6) is 0 Å². The highest BCUT2D eigenvalue weighted by atomic mass is 127. The summed E-state index contributed by atoms with van der Waals surface area (Å²) in [6, 6.07) is 6.51. The highest BCUT2D eigenvalue weighted by molar-refractivity contribution is 14.0. The third kappa shape index (κ3) is 9.44. The third-order valence-corrected chi connectivity index (χ3v) is 3.71. The molecule has 1 aromatic carbocycles. The number of hydrogen-bond donors (Lipinski definition) is 2. The molecule has 0 aromatic heterocycles. The van der Waals surface area contributed by atoms with Crippen molar-refractivity contribution in [2.75, 3.05) is 46.9 Å². The van der Waals surface area contributed by atoms with Crippen molar-refractivity contribution in [3.63, 3.8) is 0 Å². The van der Waals surface area contributed by atoms with Crippen molar-refractivity contribution in [3.8, 4) is 0 Å². The zero-order chi connectivity index (χ0) is 17.1. The van der Waals surface area contributed by atoms with E-state index in [1.165, 1.54) is 16.7 Å². The monoisotopic (exact) mass is 448 g/mol. The lowest BCUT2D eigenvalue weighted by Gasteiger charge is -2.17. The Labute approximate surface area is 164 Å². The minimum atomic E-state index is 0. The van der Waals surface area contributed by atoms with E-state index in [1.807, 2.05) is 0 Å². The van der Waals surface area contributed by atoms with Crippen LogP contribution in [0.4, 0.5) is 0 Å². The van der Waals surface area contributed by atoms with Crippen molar-refractivity contribution in [1.82, 2.24) is 15.5 Å². The lowest BCUT2D eigenvalue weighted by molar-refractivity contribution is 0.162. The molecule has 0 aliphatic carbocycles. The molecule has 0 aliphatic heterocycles. The summed E-state index contributed by atoms with van der Waals surface area (Å²) in [5, 5.41) is 6.68. The lowest BCUT2D eigenvalue weighted by Crippen LogP contribution is -2.41. The Morgan fingerprint density at radius 2 is 1.96 bits per heavy atom. The third-order valence-electron chi connectivity index (χ3n) is 3.71. The van der Waals surface area contributed by atoms with Crippen molar-refractivity contribution in [1.29, 1.82) is 0 Å². The van der Waals surface area contributed by atoms with Crippen molar-refractivity contribution in [2.24, 2.45) is 4.99 Å². The molecule has 0 saturated heterocycles. The lowest BCUT2D eigenvalue weighted by atomic mass is 10.1. The number of likely N-dealkylation sites (N-methyl/N-ethyl adjacent to an activating group) is 1. The van der Waals surface area contributed by atoms with Crippen molar-refractivity contribution < 1.29 is 4.74 Å². The SMILES string of the molecule is CCNC(=NCc1ccc(C)cc1C)NCCN(C)CCOC.I. The van der Waals surface area contributed by atoms with Crippen LogP contribution in [0.3, 0.4) is 0 Å². The topological polar surface area (TPSA) is 48.9 Å². The second-order valence-electron chi connectivity index (χ2n) is 5.85. The first-order chi connectivity index (χ1) is 11.1. The van der Waals surface area contributed by atoms with Gasteiger partial charge in [-0.15, -0.1) is 24.0 Å². The van der Waals surface area contributed by atoms with Crippen molar-refractivity contribution in [2.45, 2.75) is 27.3 Å². The first kappa shape index (κ1) is 23.1. The number of nitrogens with one attached hydrogen (secondary N) is 2. The minimum Gasteiger partial charge on any atom is -0.383 e. The maximum absolute atomic E-state index is 5.09. The van der Waals surface area contributed by atoms with Crippen LogP contribution in [0, 0.1) is 13.8 Å². The summed E-state index contributed by atoms with van der Waals surface area (Å²) in [7, 11) is 3.83. The predicted octanol–water partition coefficient (Wildman–Crippen LogP) is 2.55. The molecule has 0 saturated carbocycles. The Hall–Kier alpha value is -0.860. The van der Waals surface area contributed by atoms with Gasteiger partial charge in [-0.2, -0.15) is 0 Å². The first-order valence-electron chi connectivity index (χ1n) is 8.32. The summed E-state index contributed by atoms with van der Waals surface area (Å²) < 4.78 is 5.09. The fourth-order valence-electron chi connectivity index (χ4n) is 2.25. The Bertz CT molecular complexity index is 494. The van der Waals surface area contributed by atoms with Crippen molar-refractivity contribution in [3.05, 3.63) is 34.9 Å². The Balaban J connectivity index is 0.00000529. The quantitative estimate of drug-likeness (QED) is 0.347. The molecular formula is C18H33IN4O. The van der Waals surface area contributed by atoms with Crippen LogP contribution in [0.25, 0.3) is 0 Å². The smallest absolute Gasteiger partial charge is 0.191 e. The van der Waals surface area contributed by atoms with Gasteiger partial charge in [0, 0.05) is 33.3 Å². The summed E-state index contributed by atoms with van der Waals surface area (Å²) in [4.78, 5) is 6.92. The highest BCUT2D eigenvalue weighted by Gasteiger charge is 2.02. The van der Waals surface area contributed by atoms with Gasteiger partial charge in [0.15, 0.2) is 5.96 Å². The van der Waals surface area contributed by atoms with E-state index in [2.05, 4.69) is 66.5 Å². The number of aliphatic imine (C=N–C) groups is 1. The van der Waals surface area contributed by atoms with Crippen LogP contribution < -0.4 is 10.6 Å². The molecule has 0 bridgehead atoms. The van der Waals surface area contributed by atoms with Crippen LogP contribution in [0.15, 0.2) is 23.2 Å². The summed E-state index contributed by atoms with van der Waals surface area (Å²) in [6.07, 6.45) is 0. The van der Waals surface area contributed by atoms with Gasteiger partial charge < -0.3 is 20.3 Å². The Morgan fingerprint density at radius 3 is 2.58 bits per heavy atom. The number of guanidine groups is 1. The normalized spacial score (nSPS) is 11.3. The Kier molecular flexibility index (Phi) is 13.0. The zero-order valence-electron chi connectivity index (χ0n) is 15.7. The maximum atomic E-state index is 5.09. The highest BCUT2D eigenvalue weighted by Crippen LogP contribution is 2.11. The summed E-state index contributed by atoms with van der Waals surface area (Å²) in [6.45, 7) is 11.4. The van der Waals surface area contributed by atoms with Crippen LogP contribution in [0.1, 0.15) is 23.6 Å². The molecule has 1 aromatic rings. The number of nitrogens with zero attached hydrogens (tertiary/aromatic N) is 2. The van der Waals surface area contributed by atoms with Gasteiger partial charge in [-0.25, -0.2) is 4.99 Å². The van der Waals surface area contributed by atoms with E-state index < -0.39 is 0 Å². The molecule has 2 N–H and O–H groups in total. The summed E-state index contributed by atoms with van der Waals surface area (Å²) in [5.41, 5.74) is 3.85. The van der Waals surface area contributed by atoms with Gasteiger partial charge in [-0.05, 0) is 38.9 Å². The van der Waals surface area contributed by atoms with Gasteiger partial charge >= 0.3 is 0 Å². The molecule has 5 nitrogen and oxygen atoms in total. The molecule has 24 heavy (non-hydrogen) atoms. The summed E-state index contributed by atoms with van der Waals surface area (Å²) >= 11 is 0. The van der Waals surface area contributed by atoms with E-state index in [0.29, 0.717) is 6.54 Å². The molecule has 0 fully saturated rings. The van der Waals surface area contributed by atoms with Gasteiger partial charge in [0.2, 0.25) is 0 Å². The molecule has 0 amide bonds. The average molecular weight is 448 g/mol. The minimum absolute atomic E-state index is 0. The number of ether oxygens (including phenoxy) is 1. The fraction of sp³-hybridized carbons (Fsp3) is 0.611. The fourth-order valence-corrected chi connectivity index (χ4v) is 2.25. The molecule has 6 heteroatoms. The number of halogens is 1. The van der Waals surface area contributed by atoms with E-state index in [1.54, 1.807) is 7.11 Å². The number of rotatable bonds is 9. The van der Waals surface area contributed by atoms with Crippen LogP contribution in [0.2, 0.25) is 0 Å². The first-order valence-corrected chi connectivity index (χ1v) is 8.32. The molecule has 0 spiro atoms. The Morgan fingerprint density at radius 1 is 1.21 bits per heavy atom. The summed E-state index contributed by atoms with van der Waals surface area (Å²) in [5.74, 6) is 0.868. The predicted molar refractivity (Wildman–Crippen MR) is 114 cm³/mol.